The summed E-state index contributed by atoms with van der Waals surface area (Å²) in [5.41, 5.74) is 0.521. The van der Waals surface area contributed by atoms with Gasteiger partial charge in [0.2, 0.25) is 0 Å². The Labute approximate surface area is 187 Å². The Morgan fingerprint density at radius 2 is 1.81 bits per heavy atom. The molecule has 32 heavy (non-hydrogen) atoms. The van der Waals surface area contributed by atoms with Gasteiger partial charge < -0.3 is 10.1 Å². The van der Waals surface area contributed by atoms with Crippen LogP contribution in [-0.4, -0.2) is 32.4 Å². The molecule has 3 rings (SSSR count). The smallest absolute Gasteiger partial charge is 0.338 e. The summed E-state index contributed by atoms with van der Waals surface area (Å²) in [6.07, 6.45) is 4.14. The summed E-state index contributed by atoms with van der Waals surface area (Å²) in [5.74, 6) is -1.74. The molecule has 1 aliphatic rings. The number of amides is 1. The van der Waals surface area contributed by atoms with Crippen LogP contribution in [0.1, 0.15) is 54.9 Å². The third-order valence-corrected chi connectivity index (χ3v) is 6.79. The van der Waals surface area contributed by atoms with Crippen molar-refractivity contribution in [2.24, 2.45) is 0 Å². The SMILES string of the molecule is Cc1ccc(S(=O)(=O)Nc2cccc(C(=O)OC(C)C(=O)NC3CCCCC3)c2)cc1F. The van der Waals surface area contributed by atoms with E-state index in [0.717, 1.165) is 38.2 Å². The fraction of sp³-hybridized carbons (Fsp3) is 0.391. The number of aryl methyl sites for hydroxylation is 1. The number of sulfonamides is 1. The van der Waals surface area contributed by atoms with Crippen molar-refractivity contribution in [2.75, 3.05) is 4.72 Å². The zero-order valence-electron chi connectivity index (χ0n) is 18.1. The summed E-state index contributed by atoms with van der Waals surface area (Å²) in [4.78, 5) is 24.6. The van der Waals surface area contributed by atoms with Crippen molar-refractivity contribution in [3.63, 3.8) is 0 Å². The first-order valence-electron chi connectivity index (χ1n) is 10.6. The third-order valence-electron chi connectivity index (χ3n) is 5.41. The zero-order chi connectivity index (χ0) is 23.3. The second-order valence-electron chi connectivity index (χ2n) is 7.99. The fourth-order valence-corrected chi connectivity index (χ4v) is 4.57. The van der Waals surface area contributed by atoms with E-state index in [1.54, 1.807) is 0 Å². The molecular weight excluding hydrogens is 435 g/mol. The highest BCUT2D eigenvalue weighted by Crippen LogP contribution is 2.20. The molecule has 1 atom stereocenters. The van der Waals surface area contributed by atoms with Gasteiger partial charge >= 0.3 is 5.97 Å². The molecule has 2 N–H and O–H groups in total. The van der Waals surface area contributed by atoms with Crippen LogP contribution >= 0.6 is 0 Å². The molecule has 9 heteroatoms. The largest absolute Gasteiger partial charge is 0.449 e. The highest BCUT2D eigenvalue weighted by molar-refractivity contribution is 7.92. The summed E-state index contributed by atoms with van der Waals surface area (Å²) in [7, 11) is -4.05. The average Bonchev–Trinajstić information content (AvgIpc) is 2.76. The molecule has 1 fully saturated rings. The van der Waals surface area contributed by atoms with Crippen molar-refractivity contribution in [3.05, 3.63) is 59.4 Å². The topological polar surface area (TPSA) is 102 Å². The van der Waals surface area contributed by atoms with E-state index in [0.29, 0.717) is 5.56 Å². The molecule has 1 amide bonds. The minimum atomic E-state index is -4.05. The molecule has 2 aromatic rings. The predicted octanol–water partition coefficient (Wildman–Crippen LogP) is 3.93. The van der Waals surface area contributed by atoms with E-state index in [2.05, 4.69) is 10.0 Å². The van der Waals surface area contributed by atoms with Crippen molar-refractivity contribution in [2.45, 2.75) is 63.0 Å². The maximum Gasteiger partial charge on any atom is 0.338 e. The molecule has 172 valence electrons. The van der Waals surface area contributed by atoms with Gasteiger partial charge in [-0.25, -0.2) is 17.6 Å². The number of halogens is 1. The van der Waals surface area contributed by atoms with Gasteiger partial charge in [-0.3, -0.25) is 9.52 Å². The van der Waals surface area contributed by atoms with Crippen LogP contribution in [0, 0.1) is 12.7 Å². The molecule has 0 bridgehead atoms. The van der Waals surface area contributed by atoms with Gasteiger partial charge in [-0.1, -0.05) is 31.4 Å². The van der Waals surface area contributed by atoms with E-state index in [-0.39, 0.29) is 28.1 Å². The van der Waals surface area contributed by atoms with Crippen molar-refractivity contribution < 1.29 is 27.1 Å². The van der Waals surface area contributed by atoms with E-state index in [1.165, 1.54) is 50.2 Å². The standard InChI is InChI=1S/C23H27FN2O5S/c1-15-11-12-20(14-21(15)24)32(29,30)26-19-10-6-7-17(13-19)23(28)31-16(2)22(27)25-18-8-4-3-5-9-18/h6-7,10-14,16,18,26H,3-5,8-9H2,1-2H3,(H,25,27). The van der Waals surface area contributed by atoms with E-state index in [9.17, 15) is 22.4 Å². The van der Waals surface area contributed by atoms with E-state index in [1.807, 2.05) is 0 Å². The van der Waals surface area contributed by atoms with Crippen molar-refractivity contribution >= 4 is 27.6 Å². The normalized spacial score (nSPS) is 15.6. The summed E-state index contributed by atoms with van der Waals surface area (Å²) >= 11 is 0. The molecule has 7 nitrogen and oxygen atoms in total. The summed E-state index contributed by atoms with van der Waals surface area (Å²) in [5, 5.41) is 2.91. The Morgan fingerprint density at radius 3 is 2.50 bits per heavy atom. The number of esters is 1. The van der Waals surface area contributed by atoms with Crippen LogP contribution in [0.25, 0.3) is 0 Å². The van der Waals surface area contributed by atoms with Gasteiger partial charge in [0.25, 0.3) is 15.9 Å². The number of carbonyl (C=O) groups excluding carboxylic acids is 2. The quantitative estimate of drug-likeness (QED) is 0.607. The van der Waals surface area contributed by atoms with Crippen LogP contribution in [0.5, 0.6) is 0 Å². The third kappa shape index (κ3) is 6.06. The number of rotatable bonds is 7. The van der Waals surface area contributed by atoms with Crippen LogP contribution in [-0.2, 0) is 19.6 Å². The Bertz CT molecular complexity index is 1100. The number of benzene rings is 2. The highest BCUT2D eigenvalue weighted by Gasteiger charge is 2.23. The van der Waals surface area contributed by atoms with Crippen molar-refractivity contribution in [1.29, 1.82) is 0 Å². The number of anilines is 1. The lowest BCUT2D eigenvalue weighted by atomic mass is 9.95. The minimum Gasteiger partial charge on any atom is -0.449 e. The zero-order valence-corrected chi connectivity index (χ0v) is 18.9. The predicted molar refractivity (Wildman–Crippen MR) is 118 cm³/mol. The lowest BCUT2D eigenvalue weighted by Gasteiger charge is -2.24. The molecule has 0 heterocycles. The number of hydrogen-bond donors (Lipinski definition) is 2. The Morgan fingerprint density at radius 1 is 1.09 bits per heavy atom. The monoisotopic (exact) mass is 462 g/mol. The summed E-state index contributed by atoms with van der Waals surface area (Å²) < 4.78 is 46.5. The molecule has 0 spiro atoms. The van der Waals surface area contributed by atoms with E-state index < -0.39 is 27.9 Å². The maximum atomic E-state index is 13.8. The lowest BCUT2D eigenvalue weighted by Crippen LogP contribution is -2.42. The molecule has 1 saturated carbocycles. The Kier molecular flexibility index (Phi) is 7.50. The van der Waals surface area contributed by atoms with Crippen LogP contribution in [0.2, 0.25) is 0 Å². The Hall–Kier alpha value is -2.94. The molecule has 0 radical (unpaired) electrons. The number of ether oxygens (including phenoxy) is 1. The summed E-state index contributed by atoms with van der Waals surface area (Å²) in [6.45, 7) is 3.03. The van der Waals surface area contributed by atoms with Gasteiger partial charge in [0.05, 0.1) is 10.5 Å². The van der Waals surface area contributed by atoms with Crippen molar-refractivity contribution in [3.8, 4) is 0 Å². The maximum absolute atomic E-state index is 13.8. The second-order valence-corrected chi connectivity index (χ2v) is 9.67. The first kappa shape index (κ1) is 23.7. The summed E-state index contributed by atoms with van der Waals surface area (Å²) in [6, 6.07) is 9.40. The van der Waals surface area contributed by atoms with Crippen molar-refractivity contribution in [1.82, 2.24) is 5.32 Å². The molecule has 0 aliphatic heterocycles. The molecule has 2 aromatic carbocycles. The Balaban J connectivity index is 1.64. The van der Waals surface area contributed by atoms with Gasteiger partial charge in [-0.2, -0.15) is 0 Å². The van der Waals surface area contributed by atoms with Gasteiger partial charge in [-0.05, 0) is 62.6 Å². The molecule has 0 aromatic heterocycles. The van der Waals surface area contributed by atoms with Gasteiger partial charge in [0, 0.05) is 11.7 Å². The first-order chi connectivity index (χ1) is 15.2. The number of nitrogens with one attached hydrogen (secondary N) is 2. The van der Waals surface area contributed by atoms with Gasteiger partial charge in [0.1, 0.15) is 5.82 Å². The van der Waals surface area contributed by atoms with Crippen LogP contribution in [0.15, 0.2) is 47.4 Å². The van der Waals surface area contributed by atoms with Crippen LogP contribution in [0.4, 0.5) is 10.1 Å². The fourth-order valence-electron chi connectivity index (χ4n) is 3.51. The number of hydrogen-bond acceptors (Lipinski definition) is 5. The van der Waals surface area contributed by atoms with Crippen LogP contribution < -0.4 is 10.0 Å². The molecule has 1 aliphatic carbocycles. The molecule has 0 saturated heterocycles. The van der Waals surface area contributed by atoms with E-state index in [4.69, 9.17) is 4.74 Å². The van der Waals surface area contributed by atoms with E-state index >= 15 is 0 Å². The second kappa shape index (κ2) is 10.1. The number of carbonyl (C=O) groups is 2. The minimum absolute atomic E-state index is 0.0811. The van der Waals surface area contributed by atoms with Gasteiger partial charge in [-0.15, -0.1) is 0 Å². The average molecular weight is 463 g/mol. The van der Waals surface area contributed by atoms with Gasteiger partial charge in [0.15, 0.2) is 6.10 Å². The molecular formula is C23H27FN2O5S. The van der Waals surface area contributed by atoms with Crippen LogP contribution in [0.3, 0.4) is 0 Å². The highest BCUT2D eigenvalue weighted by atomic mass is 32.2. The lowest BCUT2D eigenvalue weighted by molar-refractivity contribution is -0.130. The molecule has 1 unspecified atom stereocenters. The first-order valence-corrected chi connectivity index (χ1v) is 12.0.